The van der Waals surface area contributed by atoms with Crippen LogP contribution in [0.3, 0.4) is 0 Å². The number of imidazole rings is 1. The SMILES string of the molecule is CC(C)NC(=O)C1CCc2c(C(=O)NC3CCCC3)ncn2C1. The molecule has 0 bridgehead atoms. The van der Waals surface area contributed by atoms with Crippen LogP contribution in [0, 0.1) is 5.92 Å². The minimum absolute atomic E-state index is 0.0372. The van der Waals surface area contributed by atoms with E-state index in [0.717, 1.165) is 31.4 Å². The molecule has 3 rings (SSSR count). The van der Waals surface area contributed by atoms with Gasteiger partial charge < -0.3 is 15.2 Å². The summed E-state index contributed by atoms with van der Waals surface area (Å²) in [5.74, 6) is -0.00289. The number of nitrogens with zero attached hydrogens (tertiary/aromatic N) is 2. The molecule has 2 heterocycles. The van der Waals surface area contributed by atoms with Crippen molar-refractivity contribution in [1.82, 2.24) is 20.2 Å². The summed E-state index contributed by atoms with van der Waals surface area (Å²) in [5.41, 5.74) is 1.51. The number of carbonyl (C=O) groups excluding carboxylic acids is 2. The first-order chi connectivity index (χ1) is 11.0. The molecule has 1 aromatic rings. The van der Waals surface area contributed by atoms with Gasteiger partial charge in [-0.05, 0) is 39.5 Å². The Labute approximate surface area is 137 Å². The molecule has 23 heavy (non-hydrogen) atoms. The van der Waals surface area contributed by atoms with Gasteiger partial charge in [0.25, 0.3) is 5.91 Å². The molecule has 0 saturated heterocycles. The molecule has 126 valence electrons. The smallest absolute Gasteiger partial charge is 0.271 e. The third-order valence-electron chi connectivity index (χ3n) is 4.80. The summed E-state index contributed by atoms with van der Waals surface area (Å²) in [6.45, 7) is 4.54. The standard InChI is InChI=1S/C17H26N4O2/c1-11(2)19-16(22)12-7-8-14-15(18-10-21(14)9-12)17(23)20-13-5-3-4-6-13/h10-13H,3-9H2,1-2H3,(H,19,22)(H,20,23). The fourth-order valence-corrected chi connectivity index (χ4v) is 3.60. The monoisotopic (exact) mass is 318 g/mol. The van der Waals surface area contributed by atoms with E-state index in [9.17, 15) is 9.59 Å². The lowest BCUT2D eigenvalue weighted by Crippen LogP contribution is -2.39. The summed E-state index contributed by atoms with van der Waals surface area (Å²) < 4.78 is 1.97. The largest absolute Gasteiger partial charge is 0.354 e. The lowest BCUT2D eigenvalue weighted by atomic mass is 9.96. The second-order valence-electron chi connectivity index (χ2n) is 7.05. The molecule has 1 unspecified atom stereocenters. The first kappa shape index (κ1) is 16.0. The van der Waals surface area contributed by atoms with Crippen molar-refractivity contribution < 1.29 is 9.59 Å². The number of fused-ring (bicyclic) bond motifs is 1. The molecule has 1 aromatic heterocycles. The zero-order chi connectivity index (χ0) is 16.4. The first-order valence-electron chi connectivity index (χ1n) is 8.70. The van der Waals surface area contributed by atoms with Crippen LogP contribution in [-0.2, 0) is 17.8 Å². The Morgan fingerprint density at radius 2 is 2.00 bits per heavy atom. The molecule has 6 heteroatoms. The number of amides is 2. The summed E-state index contributed by atoms with van der Waals surface area (Å²) in [4.78, 5) is 28.9. The van der Waals surface area contributed by atoms with E-state index >= 15 is 0 Å². The van der Waals surface area contributed by atoms with Crippen LogP contribution in [0.5, 0.6) is 0 Å². The number of carbonyl (C=O) groups is 2. The summed E-state index contributed by atoms with van der Waals surface area (Å²) >= 11 is 0. The predicted molar refractivity (Wildman–Crippen MR) is 87.0 cm³/mol. The first-order valence-corrected chi connectivity index (χ1v) is 8.70. The molecule has 2 amide bonds. The number of rotatable bonds is 4. The zero-order valence-corrected chi connectivity index (χ0v) is 14.0. The number of nitrogens with one attached hydrogen (secondary N) is 2. The van der Waals surface area contributed by atoms with E-state index in [-0.39, 0.29) is 23.8 Å². The van der Waals surface area contributed by atoms with Gasteiger partial charge in [-0.15, -0.1) is 0 Å². The highest BCUT2D eigenvalue weighted by atomic mass is 16.2. The van der Waals surface area contributed by atoms with Crippen molar-refractivity contribution in [2.75, 3.05) is 0 Å². The lowest BCUT2D eigenvalue weighted by Gasteiger charge is -2.25. The van der Waals surface area contributed by atoms with E-state index in [0.29, 0.717) is 18.3 Å². The van der Waals surface area contributed by atoms with Crippen molar-refractivity contribution in [3.05, 3.63) is 17.7 Å². The molecule has 0 spiro atoms. The molecular formula is C17H26N4O2. The van der Waals surface area contributed by atoms with E-state index in [4.69, 9.17) is 0 Å². The highest BCUT2D eigenvalue weighted by molar-refractivity contribution is 5.93. The topological polar surface area (TPSA) is 76.0 Å². The van der Waals surface area contributed by atoms with Gasteiger partial charge >= 0.3 is 0 Å². The lowest BCUT2D eigenvalue weighted by molar-refractivity contribution is -0.126. The van der Waals surface area contributed by atoms with Gasteiger partial charge in [-0.3, -0.25) is 9.59 Å². The van der Waals surface area contributed by atoms with Crippen LogP contribution >= 0.6 is 0 Å². The van der Waals surface area contributed by atoms with Crippen molar-refractivity contribution in [3.8, 4) is 0 Å². The summed E-state index contributed by atoms with van der Waals surface area (Å²) in [5, 5.41) is 6.07. The van der Waals surface area contributed by atoms with Gasteiger partial charge in [0.1, 0.15) is 5.69 Å². The van der Waals surface area contributed by atoms with Crippen LogP contribution in [0.1, 0.15) is 62.1 Å². The minimum Gasteiger partial charge on any atom is -0.354 e. The molecule has 2 aliphatic rings. The molecule has 0 radical (unpaired) electrons. The Morgan fingerprint density at radius 1 is 1.26 bits per heavy atom. The van der Waals surface area contributed by atoms with E-state index < -0.39 is 0 Å². The fourth-order valence-electron chi connectivity index (χ4n) is 3.60. The van der Waals surface area contributed by atoms with Crippen LogP contribution < -0.4 is 10.6 Å². The highest BCUT2D eigenvalue weighted by Gasteiger charge is 2.29. The van der Waals surface area contributed by atoms with Crippen LogP contribution in [0.25, 0.3) is 0 Å². The fraction of sp³-hybridized carbons (Fsp3) is 0.706. The van der Waals surface area contributed by atoms with Gasteiger partial charge in [0.05, 0.1) is 17.9 Å². The van der Waals surface area contributed by atoms with Gasteiger partial charge in [-0.1, -0.05) is 12.8 Å². The Morgan fingerprint density at radius 3 is 2.70 bits per heavy atom. The Bertz CT molecular complexity index is 587. The minimum atomic E-state index is -0.0595. The Hall–Kier alpha value is -1.85. The maximum Gasteiger partial charge on any atom is 0.271 e. The predicted octanol–water partition coefficient (Wildman–Crippen LogP) is 1.64. The van der Waals surface area contributed by atoms with Crippen molar-refractivity contribution >= 4 is 11.8 Å². The molecule has 1 atom stereocenters. The molecule has 2 N–H and O–H groups in total. The van der Waals surface area contributed by atoms with Crippen LogP contribution in [0.4, 0.5) is 0 Å². The molecular weight excluding hydrogens is 292 g/mol. The molecule has 1 aliphatic carbocycles. The van der Waals surface area contributed by atoms with Crippen LogP contribution in [0.15, 0.2) is 6.33 Å². The molecule has 1 fully saturated rings. The van der Waals surface area contributed by atoms with E-state index in [1.807, 2.05) is 18.4 Å². The third kappa shape index (κ3) is 3.57. The third-order valence-corrected chi connectivity index (χ3v) is 4.80. The zero-order valence-electron chi connectivity index (χ0n) is 14.0. The Balaban J connectivity index is 1.65. The quantitative estimate of drug-likeness (QED) is 0.886. The van der Waals surface area contributed by atoms with E-state index in [2.05, 4.69) is 15.6 Å². The highest BCUT2D eigenvalue weighted by Crippen LogP contribution is 2.24. The molecule has 6 nitrogen and oxygen atoms in total. The number of aromatic nitrogens is 2. The molecule has 1 aliphatic heterocycles. The van der Waals surface area contributed by atoms with Crippen LogP contribution in [0.2, 0.25) is 0 Å². The van der Waals surface area contributed by atoms with Gasteiger partial charge in [0, 0.05) is 18.6 Å². The van der Waals surface area contributed by atoms with Crippen molar-refractivity contribution in [3.63, 3.8) is 0 Å². The van der Waals surface area contributed by atoms with Crippen molar-refractivity contribution in [2.45, 2.75) is 71.0 Å². The number of hydrogen-bond donors (Lipinski definition) is 2. The second-order valence-corrected chi connectivity index (χ2v) is 7.05. The number of hydrogen-bond acceptors (Lipinski definition) is 3. The van der Waals surface area contributed by atoms with E-state index in [1.54, 1.807) is 6.33 Å². The average Bonchev–Trinajstić information content (AvgIpc) is 3.14. The van der Waals surface area contributed by atoms with Gasteiger partial charge in [-0.2, -0.15) is 0 Å². The maximum absolute atomic E-state index is 12.4. The van der Waals surface area contributed by atoms with Crippen LogP contribution in [-0.4, -0.2) is 33.4 Å². The van der Waals surface area contributed by atoms with Gasteiger partial charge in [0.15, 0.2) is 0 Å². The summed E-state index contributed by atoms with van der Waals surface area (Å²) in [6, 6.07) is 0.451. The van der Waals surface area contributed by atoms with Gasteiger partial charge in [-0.25, -0.2) is 4.98 Å². The summed E-state index contributed by atoms with van der Waals surface area (Å²) in [7, 11) is 0. The Kier molecular flexibility index (Phi) is 4.68. The van der Waals surface area contributed by atoms with Crippen molar-refractivity contribution in [1.29, 1.82) is 0 Å². The summed E-state index contributed by atoms with van der Waals surface area (Å²) in [6.07, 6.45) is 7.72. The molecule has 1 saturated carbocycles. The van der Waals surface area contributed by atoms with Gasteiger partial charge in [0.2, 0.25) is 5.91 Å². The van der Waals surface area contributed by atoms with E-state index in [1.165, 1.54) is 12.8 Å². The normalized spacial score (nSPS) is 21.3. The molecule has 0 aromatic carbocycles. The maximum atomic E-state index is 12.4. The van der Waals surface area contributed by atoms with Crippen molar-refractivity contribution in [2.24, 2.45) is 5.92 Å². The second kappa shape index (κ2) is 6.72. The average molecular weight is 318 g/mol.